The highest BCUT2D eigenvalue weighted by molar-refractivity contribution is 5.90. The molecule has 110 valence electrons. The molecule has 5 nitrogen and oxygen atoms in total. The average Bonchev–Trinajstić information content (AvgIpc) is 2.38. The van der Waals surface area contributed by atoms with Crippen LogP contribution in [-0.4, -0.2) is 37.1 Å². The molecule has 0 saturated carbocycles. The van der Waals surface area contributed by atoms with Gasteiger partial charge in [-0.15, -0.1) is 0 Å². The fourth-order valence-electron chi connectivity index (χ4n) is 2.24. The third-order valence-electron chi connectivity index (χ3n) is 3.19. The van der Waals surface area contributed by atoms with Crippen LogP contribution in [0, 0.1) is 5.41 Å². The van der Waals surface area contributed by atoms with Gasteiger partial charge >= 0.3 is 0 Å². The molecular weight excluding hydrogens is 252 g/mol. The van der Waals surface area contributed by atoms with Gasteiger partial charge in [0.25, 0.3) is 0 Å². The molecule has 20 heavy (non-hydrogen) atoms. The van der Waals surface area contributed by atoms with Crippen molar-refractivity contribution in [3.05, 3.63) is 18.3 Å². The fourth-order valence-corrected chi connectivity index (χ4v) is 2.24. The summed E-state index contributed by atoms with van der Waals surface area (Å²) in [4.78, 5) is 18.5. The Kier molecular flexibility index (Phi) is 4.60. The van der Waals surface area contributed by atoms with E-state index < -0.39 is 0 Å². The van der Waals surface area contributed by atoms with Crippen LogP contribution < -0.4 is 15.5 Å². The van der Waals surface area contributed by atoms with Gasteiger partial charge in [0.2, 0.25) is 5.91 Å². The van der Waals surface area contributed by atoms with E-state index >= 15 is 0 Å². The molecule has 0 spiro atoms. The number of amides is 1. The van der Waals surface area contributed by atoms with Gasteiger partial charge in [-0.05, 0) is 17.5 Å². The number of nitrogens with one attached hydrogen (secondary N) is 2. The molecule has 0 bridgehead atoms. The first-order chi connectivity index (χ1) is 9.44. The summed E-state index contributed by atoms with van der Waals surface area (Å²) < 4.78 is 0. The number of piperazine rings is 1. The second kappa shape index (κ2) is 6.22. The number of hydrogen-bond donors (Lipinski definition) is 2. The van der Waals surface area contributed by atoms with Gasteiger partial charge in [0.1, 0.15) is 5.82 Å². The summed E-state index contributed by atoms with van der Waals surface area (Å²) in [7, 11) is 0. The van der Waals surface area contributed by atoms with E-state index in [1.165, 1.54) is 0 Å². The number of carbonyl (C=O) groups is 1. The molecule has 1 amide bonds. The van der Waals surface area contributed by atoms with Gasteiger partial charge in [-0.3, -0.25) is 4.79 Å². The van der Waals surface area contributed by atoms with Gasteiger partial charge in [-0.2, -0.15) is 0 Å². The largest absolute Gasteiger partial charge is 0.368 e. The van der Waals surface area contributed by atoms with Gasteiger partial charge in [-0.1, -0.05) is 20.8 Å². The third kappa shape index (κ3) is 4.49. The van der Waals surface area contributed by atoms with Crippen molar-refractivity contribution in [1.29, 1.82) is 0 Å². The van der Waals surface area contributed by atoms with Gasteiger partial charge < -0.3 is 15.5 Å². The molecule has 1 aliphatic heterocycles. The zero-order chi connectivity index (χ0) is 14.6. The lowest BCUT2D eigenvalue weighted by Gasteiger charge is -2.29. The van der Waals surface area contributed by atoms with E-state index in [0.717, 1.165) is 31.9 Å². The van der Waals surface area contributed by atoms with E-state index in [1.54, 1.807) is 0 Å². The highest BCUT2D eigenvalue weighted by atomic mass is 16.1. The van der Waals surface area contributed by atoms with Crippen molar-refractivity contribution >= 4 is 17.4 Å². The molecule has 0 aliphatic carbocycles. The first-order valence-corrected chi connectivity index (χ1v) is 7.16. The normalized spacial score (nSPS) is 16.1. The van der Waals surface area contributed by atoms with E-state index in [1.807, 2.05) is 39.1 Å². The quantitative estimate of drug-likeness (QED) is 0.885. The smallest absolute Gasteiger partial charge is 0.226 e. The lowest BCUT2D eigenvalue weighted by Crippen LogP contribution is -2.43. The van der Waals surface area contributed by atoms with Crippen LogP contribution in [-0.2, 0) is 4.79 Å². The molecule has 2 heterocycles. The van der Waals surface area contributed by atoms with Crippen LogP contribution in [0.2, 0.25) is 0 Å². The Hall–Kier alpha value is -1.62. The first kappa shape index (κ1) is 14.8. The maximum atomic E-state index is 11.8. The average molecular weight is 276 g/mol. The molecule has 0 atom stereocenters. The van der Waals surface area contributed by atoms with E-state index in [0.29, 0.717) is 12.2 Å². The Labute approximate surface area is 120 Å². The van der Waals surface area contributed by atoms with E-state index in [4.69, 9.17) is 0 Å². The Balaban J connectivity index is 1.92. The van der Waals surface area contributed by atoms with Crippen LogP contribution in [0.1, 0.15) is 27.2 Å². The van der Waals surface area contributed by atoms with Crippen LogP contribution in [0.3, 0.4) is 0 Å². The van der Waals surface area contributed by atoms with Crippen molar-refractivity contribution in [2.75, 3.05) is 36.4 Å². The summed E-state index contributed by atoms with van der Waals surface area (Å²) in [6, 6.07) is 3.89. The molecule has 1 aliphatic rings. The molecule has 5 heteroatoms. The van der Waals surface area contributed by atoms with Crippen molar-refractivity contribution in [2.45, 2.75) is 27.2 Å². The van der Waals surface area contributed by atoms with Gasteiger partial charge in [0.05, 0.1) is 11.9 Å². The molecule has 1 fully saturated rings. The molecule has 0 aromatic carbocycles. The minimum atomic E-state index is -0.00910. The predicted molar refractivity (Wildman–Crippen MR) is 82.0 cm³/mol. The summed E-state index contributed by atoms with van der Waals surface area (Å²) >= 11 is 0. The maximum Gasteiger partial charge on any atom is 0.226 e. The number of carbonyl (C=O) groups excluding carboxylic acids is 1. The number of aromatic nitrogens is 1. The van der Waals surface area contributed by atoms with Crippen LogP contribution in [0.4, 0.5) is 11.5 Å². The molecule has 1 saturated heterocycles. The number of anilines is 2. The molecule has 1 aromatic heterocycles. The van der Waals surface area contributed by atoms with E-state index in [-0.39, 0.29) is 11.3 Å². The Bertz CT molecular complexity index is 444. The van der Waals surface area contributed by atoms with Crippen molar-refractivity contribution in [3.63, 3.8) is 0 Å². The number of pyridine rings is 1. The zero-order valence-corrected chi connectivity index (χ0v) is 12.6. The summed E-state index contributed by atoms with van der Waals surface area (Å²) in [5.41, 5.74) is 1.10. The van der Waals surface area contributed by atoms with Crippen LogP contribution in [0.15, 0.2) is 18.3 Å². The fraction of sp³-hybridized carbons (Fsp3) is 0.600. The molecular formula is C15H24N4O. The zero-order valence-electron chi connectivity index (χ0n) is 12.6. The molecule has 0 radical (unpaired) electrons. The monoisotopic (exact) mass is 276 g/mol. The van der Waals surface area contributed by atoms with Crippen molar-refractivity contribution in [3.8, 4) is 0 Å². The topological polar surface area (TPSA) is 57.3 Å². The summed E-state index contributed by atoms with van der Waals surface area (Å²) in [6.07, 6.45) is 2.33. The predicted octanol–water partition coefficient (Wildman–Crippen LogP) is 1.87. The second-order valence-corrected chi connectivity index (χ2v) is 6.42. The number of rotatable bonds is 3. The summed E-state index contributed by atoms with van der Waals surface area (Å²) in [6.45, 7) is 10.2. The molecule has 2 N–H and O–H groups in total. The number of nitrogens with zero attached hydrogens (tertiary/aromatic N) is 2. The lowest BCUT2D eigenvalue weighted by molar-refractivity contribution is -0.117. The second-order valence-electron chi connectivity index (χ2n) is 6.42. The van der Waals surface area contributed by atoms with E-state index in [9.17, 15) is 4.79 Å². The van der Waals surface area contributed by atoms with Crippen molar-refractivity contribution < 1.29 is 4.79 Å². The van der Waals surface area contributed by atoms with Gasteiger partial charge in [0.15, 0.2) is 0 Å². The lowest BCUT2D eigenvalue weighted by atomic mass is 9.92. The Morgan fingerprint density at radius 3 is 2.60 bits per heavy atom. The highest BCUT2D eigenvalue weighted by Gasteiger charge is 2.16. The molecule has 0 unspecified atom stereocenters. The maximum absolute atomic E-state index is 11.8. The van der Waals surface area contributed by atoms with Gasteiger partial charge in [0, 0.05) is 32.6 Å². The molecule has 1 aromatic rings. The van der Waals surface area contributed by atoms with Crippen LogP contribution >= 0.6 is 0 Å². The first-order valence-electron chi connectivity index (χ1n) is 7.16. The third-order valence-corrected chi connectivity index (χ3v) is 3.19. The Morgan fingerprint density at radius 2 is 2.05 bits per heavy atom. The van der Waals surface area contributed by atoms with E-state index in [2.05, 4.69) is 20.5 Å². The standard InChI is InChI=1S/C15H24N4O/c1-15(2,3)10-14(20)18-13-5-4-12(11-17-13)19-8-6-16-7-9-19/h4-5,11,16H,6-10H2,1-3H3,(H,17,18,20). The van der Waals surface area contributed by atoms with Gasteiger partial charge in [-0.25, -0.2) is 4.98 Å². The SMILES string of the molecule is CC(C)(C)CC(=O)Nc1ccc(N2CCNCC2)cn1. The van der Waals surface area contributed by atoms with Crippen molar-refractivity contribution in [1.82, 2.24) is 10.3 Å². The number of hydrogen-bond acceptors (Lipinski definition) is 4. The van der Waals surface area contributed by atoms with Crippen LogP contribution in [0.5, 0.6) is 0 Å². The molecule has 2 rings (SSSR count). The minimum absolute atomic E-state index is 0.00910. The summed E-state index contributed by atoms with van der Waals surface area (Å²) in [5.74, 6) is 0.637. The summed E-state index contributed by atoms with van der Waals surface area (Å²) in [5, 5.41) is 6.17. The highest BCUT2D eigenvalue weighted by Crippen LogP contribution is 2.20. The Morgan fingerprint density at radius 1 is 1.35 bits per heavy atom. The van der Waals surface area contributed by atoms with Crippen LogP contribution in [0.25, 0.3) is 0 Å². The van der Waals surface area contributed by atoms with Crippen molar-refractivity contribution in [2.24, 2.45) is 5.41 Å². The minimum Gasteiger partial charge on any atom is -0.368 e.